The van der Waals surface area contributed by atoms with Gasteiger partial charge in [0.1, 0.15) is 5.75 Å². The average Bonchev–Trinajstić information content (AvgIpc) is 2.77. The van der Waals surface area contributed by atoms with E-state index in [1.165, 1.54) is 4.31 Å². The highest BCUT2D eigenvalue weighted by molar-refractivity contribution is 7.92. The number of fused-ring (bicyclic) bond motifs is 1. The summed E-state index contributed by atoms with van der Waals surface area (Å²) < 4.78 is 31.4. The van der Waals surface area contributed by atoms with Gasteiger partial charge in [0.15, 0.2) is 6.10 Å². The molecule has 0 saturated carbocycles. The number of nitrogens with one attached hydrogen (secondary N) is 1. The van der Waals surface area contributed by atoms with E-state index in [0.29, 0.717) is 11.4 Å². The Morgan fingerprint density at radius 1 is 1.19 bits per heavy atom. The SMILES string of the molecule is Cc1ccc(C)c(NC(=O)[C@@H]2CCN(S(C)(=O)=O)c3ccccc3O2)c1. The third-order valence-corrected chi connectivity index (χ3v) is 5.52. The smallest absolute Gasteiger partial charge is 0.265 e. The van der Waals surface area contributed by atoms with Gasteiger partial charge in [-0.2, -0.15) is 0 Å². The van der Waals surface area contributed by atoms with Crippen molar-refractivity contribution in [3.63, 3.8) is 0 Å². The molecule has 1 aliphatic rings. The Hall–Kier alpha value is -2.54. The molecule has 0 unspecified atom stereocenters. The third-order valence-electron chi connectivity index (χ3n) is 4.34. The van der Waals surface area contributed by atoms with Crippen molar-refractivity contribution in [3.8, 4) is 5.75 Å². The van der Waals surface area contributed by atoms with Gasteiger partial charge in [-0.05, 0) is 43.2 Å². The number of benzene rings is 2. The molecule has 1 aliphatic heterocycles. The first kappa shape index (κ1) is 18.3. The summed E-state index contributed by atoms with van der Waals surface area (Å²) in [5.41, 5.74) is 3.19. The van der Waals surface area contributed by atoms with Crippen LogP contribution in [0.4, 0.5) is 11.4 Å². The Balaban J connectivity index is 1.87. The summed E-state index contributed by atoms with van der Waals surface area (Å²) in [5, 5.41) is 2.90. The van der Waals surface area contributed by atoms with E-state index in [2.05, 4.69) is 5.32 Å². The van der Waals surface area contributed by atoms with Crippen LogP contribution in [0.1, 0.15) is 17.5 Å². The molecule has 1 atom stereocenters. The number of carbonyl (C=O) groups is 1. The van der Waals surface area contributed by atoms with Crippen LogP contribution >= 0.6 is 0 Å². The van der Waals surface area contributed by atoms with E-state index in [9.17, 15) is 13.2 Å². The number of para-hydroxylation sites is 2. The lowest BCUT2D eigenvalue weighted by molar-refractivity contribution is -0.122. The minimum Gasteiger partial charge on any atom is -0.478 e. The van der Waals surface area contributed by atoms with Crippen LogP contribution < -0.4 is 14.4 Å². The Morgan fingerprint density at radius 3 is 2.65 bits per heavy atom. The molecule has 0 aromatic heterocycles. The molecule has 2 aromatic carbocycles. The fraction of sp³-hybridized carbons (Fsp3) is 0.316. The number of sulfonamides is 1. The first-order valence-electron chi connectivity index (χ1n) is 8.37. The van der Waals surface area contributed by atoms with Crippen molar-refractivity contribution in [1.29, 1.82) is 0 Å². The summed E-state index contributed by atoms with van der Waals surface area (Å²) in [6.45, 7) is 4.06. The number of nitrogens with zero attached hydrogens (tertiary/aromatic N) is 1. The van der Waals surface area contributed by atoms with E-state index in [0.717, 1.165) is 23.1 Å². The number of aryl methyl sites for hydroxylation is 2. The fourth-order valence-corrected chi connectivity index (χ4v) is 3.89. The third kappa shape index (κ3) is 3.83. The molecular formula is C19H22N2O4S. The molecule has 2 aromatic rings. The summed E-state index contributed by atoms with van der Waals surface area (Å²) in [6, 6.07) is 12.7. The molecule has 1 heterocycles. The summed E-state index contributed by atoms with van der Waals surface area (Å²) in [5.74, 6) is 0.0976. The van der Waals surface area contributed by atoms with Gasteiger partial charge in [-0.15, -0.1) is 0 Å². The molecule has 7 heteroatoms. The van der Waals surface area contributed by atoms with Gasteiger partial charge >= 0.3 is 0 Å². The van der Waals surface area contributed by atoms with Crippen molar-refractivity contribution in [2.45, 2.75) is 26.4 Å². The fourth-order valence-electron chi connectivity index (χ4n) is 2.94. The number of hydrogen-bond donors (Lipinski definition) is 1. The number of anilines is 2. The van der Waals surface area contributed by atoms with Gasteiger partial charge in [-0.1, -0.05) is 24.3 Å². The maximum absolute atomic E-state index is 12.7. The van der Waals surface area contributed by atoms with E-state index >= 15 is 0 Å². The minimum atomic E-state index is -3.46. The highest BCUT2D eigenvalue weighted by atomic mass is 32.2. The van der Waals surface area contributed by atoms with Crippen LogP contribution in [0, 0.1) is 13.8 Å². The average molecular weight is 374 g/mol. The minimum absolute atomic E-state index is 0.181. The Labute approximate surface area is 153 Å². The molecular weight excluding hydrogens is 352 g/mol. The van der Waals surface area contributed by atoms with Gasteiger partial charge in [0.05, 0.1) is 11.9 Å². The summed E-state index contributed by atoms with van der Waals surface area (Å²) in [6.07, 6.45) is 0.640. The van der Waals surface area contributed by atoms with Crippen LogP contribution in [0.25, 0.3) is 0 Å². The van der Waals surface area contributed by atoms with Crippen LogP contribution in [0.2, 0.25) is 0 Å². The van der Waals surface area contributed by atoms with Gasteiger partial charge in [0.25, 0.3) is 5.91 Å². The second kappa shape index (κ2) is 6.99. The Kier molecular flexibility index (Phi) is 4.91. The van der Waals surface area contributed by atoms with Crippen LogP contribution in [0.15, 0.2) is 42.5 Å². The largest absolute Gasteiger partial charge is 0.478 e. The summed E-state index contributed by atoms with van der Waals surface area (Å²) in [4.78, 5) is 12.7. The Morgan fingerprint density at radius 2 is 1.92 bits per heavy atom. The topological polar surface area (TPSA) is 75.7 Å². The van der Waals surface area contributed by atoms with Gasteiger partial charge < -0.3 is 10.1 Å². The quantitative estimate of drug-likeness (QED) is 0.896. The van der Waals surface area contributed by atoms with Crippen LogP contribution in [0.5, 0.6) is 5.75 Å². The zero-order valence-electron chi connectivity index (χ0n) is 15.0. The van der Waals surface area contributed by atoms with Crippen LogP contribution in [0.3, 0.4) is 0 Å². The molecule has 0 bridgehead atoms. The number of carbonyl (C=O) groups excluding carboxylic acids is 1. The molecule has 26 heavy (non-hydrogen) atoms. The van der Waals surface area contributed by atoms with Crippen molar-refractivity contribution in [1.82, 2.24) is 0 Å². The van der Waals surface area contributed by atoms with E-state index < -0.39 is 16.1 Å². The highest BCUT2D eigenvalue weighted by Gasteiger charge is 2.31. The van der Waals surface area contributed by atoms with Crippen molar-refractivity contribution in [3.05, 3.63) is 53.6 Å². The van der Waals surface area contributed by atoms with Crippen LogP contribution in [-0.4, -0.2) is 33.2 Å². The monoisotopic (exact) mass is 374 g/mol. The highest BCUT2D eigenvalue weighted by Crippen LogP contribution is 2.34. The molecule has 0 aliphatic carbocycles. The van der Waals surface area contributed by atoms with Crippen molar-refractivity contribution in [2.24, 2.45) is 0 Å². The molecule has 0 saturated heterocycles. The Bertz CT molecular complexity index is 940. The zero-order valence-corrected chi connectivity index (χ0v) is 15.8. The molecule has 0 spiro atoms. The summed E-state index contributed by atoms with van der Waals surface area (Å²) >= 11 is 0. The number of rotatable bonds is 3. The lowest BCUT2D eigenvalue weighted by Gasteiger charge is -2.20. The summed E-state index contributed by atoms with van der Waals surface area (Å²) in [7, 11) is -3.46. The molecule has 0 fully saturated rings. The molecule has 1 N–H and O–H groups in total. The van der Waals surface area contributed by atoms with Gasteiger partial charge in [0, 0.05) is 18.7 Å². The van der Waals surface area contributed by atoms with Gasteiger partial charge in [0.2, 0.25) is 10.0 Å². The van der Waals surface area contributed by atoms with Gasteiger partial charge in [-0.25, -0.2) is 8.42 Å². The molecule has 138 valence electrons. The van der Waals surface area contributed by atoms with Crippen LogP contribution in [-0.2, 0) is 14.8 Å². The number of hydrogen-bond acceptors (Lipinski definition) is 4. The lowest BCUT2D eigenvalue weighted by Crippen LogP contribution is -2.36. The predicted octanol–water partition coefficient (Wildman–Crippen LogP) is 2.86. The maximum atomic E-state index is 12.7. The van der Waals surface area contributed by atoms with E-state index in [1.807, 2.05) is 32.0 Å². The number of amides is 1. The second-order valence-electron chi connectivity index (χ2n) is 6.51. The zero-order chi connectivity index (χ0) is 18.9. The molecule has 3 rings (SSSR count). The molecule has 1 amide bonds. The first-order valence-corrected chi connectivity index (χ1v) is 10.2. The molecule has 6 nitrogen and oxygen atoms in total. The first-order chi connectivity index (χ1) is 12.3. The number of ether oxygens (including phenoxy) is 1. The van der Waals surface area contributed by atoms with E-state index in [4.69, 9.17) is 4.74 Å². The normalized spacial score (nSPS) is 17.0. The van der Waals surface area contributed by atoms with Crippen molar-refractivity contribution < 1.29 is 17.9 Å². The lowest BCUT2D eigenvalue weighted by atomic mass is 10.1. The van der Waals surface area contributed by atoms with E-state index in [-0.39, 0.29) is 18.9 Å². The maximum Gasteiger partial charge on any atom is 0.265 e. The van der Waals surface area contributed by atoms with Crippen molar-refractivity contribution in [2.75, 3.05) is 22.4 Å². The standard InChI is InChI=1S/C19H22N2O4S/c1-13-8-9-14(2)15(12-13)20-19(22)18-10-11-21(26(3,23)24)16-6-4-5-7-17(16)25-18/h4-9,12,18H,10-11H2,1-3H3,(H,20,22)/t18-/m0/s1. The second-order valence-corrected chi connectivity index (χ2v) is 8.41. The molecule has 0 radical (unpaired) electrons. The van der Waals surface area contributed by atoms with E-state index in [1.54, 1.807) is 24.3 Å². The van der Waals surface area contributed by atoms with Crippen molar-refractivity contribution >= 4 is 27.3 Å². The predicted molar refractivity (Wildman–Crippen MR) is 102 cm³/mol. The van der Waals surface area contributed by atoms with Gasteiger partial charge in [-0.3, -0.25) is 9.10 Å².